The van der Waals surface area contributed by atoms with Gasteiger partial charge in [0, 0.05) is 62.1 Å². The van der Waals surface area contributed by atoms with E-state index in [2.05, 4.69) is 25.2 Å². The van der Waals surface area contributed by atoms with E-state index in [1.807, 2.05) is 22.7 Å². The van der Waals surface area contributed by atoms with Crippen molar-refractivity contribution in [2.45, 2.75) is 57.7 Å². The quantitative estimate of drug-likeness (QED) is 0.711. The first kappa shape index (κ1) is 20.6. The molecule has 2 aromatic heterocycles. The van der Waals surface area contributed by atoms with Gasteiger partial charge in [0.2, 0.25) is 11.8 Å². The topological polar surface area (TPSA) is 94.2 Å². The maximum absolute atomic E-state index is 13.3. The molecule has 0 radical (unpaired) electrons. The molecule has 3 aliphatic heterocycles. The lowest BCUT2D eigenvalue weighted by atomic mass is 9.71. The minimum absolute atomic E-state index is 0.00303. The van der Waals surface area contributed by atoms with Crippen molar-refractivity contribution in [2.75, 3.05) is 19.6 Å². The van der Waals surface area contributed by atoms with E-state index in [1.54, 1.807) is 17.7 Å². The second kappa shape index (κ2) is 8.70. The maximum Gasteiger partial charge on any atom is 0.243 e. The van der Waals surface area contributed by atoms with Crippen molar-refractivity contribution in [3.8, 4) is 0 Å². The lowest BCUT2D eigenvalue weighted by Gasteiger charge is -2.55. The number of hydrogen-bond acceptors (Lipinski definition) is 6. The first-order chi connectivity index (χ1) is 15.1. The summed E-state index contributed by atoms with van der Waals surface area (Å²) in [7, 11) is 0. The number of amides is 2. The number of nitrogens with zero attached hydrogens (tertiary/aromatic N) is 4. The number of imidazole rings is 1. The van der Waals surface area contributed by atoms with Gasteiger partial charge in [-0.1, -0.05) is 0 Å². The summed E-state index contributed by atoms with van der Waals surface area (Å²) in [6.45, 7) is 5.19. The van der Waals surface area contributed by atoms with Crippen molar-refractivity contribution in [1.82, 2.24) is 30.1 Å². The van der Waals surface area contributed by atoms with Crippen LogP contribution in [0.2, 0.25) is 0 Å². The molecule has 0 aromatic carbocycles. The lowest BCUT2D eigenvalue weighted by Crippen LogP contribution is -2.68. The molecule has 3 aliphatic rings. The molecule has 2 N–H and O–H groups in total. The zero-order chi connectivity index (χ0) is 21.4. The number of likely N-dealkylation sites (tertiary alicyclic amines) is 1. The van der Waals surface area contributed by atoms with E-state index in [0.29, 0.717) is 18.9 Å². The van der Waals surface area contributed by atoms with E-state index >= 15 is 0 Å². The van der Waals surface area contributed by atoms with Crippen molar-refractivity contribution in [3.05, 3.63) is 34.3 Å². The minimum atomic E-state index is -0.368. The average molecular weight is 443 g/mol. The van der Waals surface area contributed by atoms with Crippen molar-refractivity contribution < 1.29 is 9.59 Å². The summed E-state index contributed by atoms with van der Waals surface area (Å²) in [5.74, 6) is 0.746. The number of rotatable bonds is 6. The van der Waals surface area contributed by atoms with E-state index in [0.717, 1.165) is 62.4 Å². The normalized spacial score (nSPS) is 28.4. The fourth-order valence-corrected chi connectivity index (χ4v) is 6.35. The third-order valence-electron chi connectivity index (χ3n) is 7.16. The number of fused-ring (bicyclic) bond motifs is 4. The van der Waals surface area contributed by atoms with Crippen LogP contribution in [0.25, 0.3) is 0 Å². The van der Waals surface area contributed by atoms with Crippen molar-refractivity contribution >= 4 is 23.2 Å². The number of piperidine rings is 3. The Balaban J connectivity index is 1.32. The zero-order valence-corrected chi connectivity index (χ0v) is 18.7. The SMILES string of the molecule is Cc1[nH]cnc1CN1C[C@H]2C[C@@H](C1)[C@H](C(=O)NCCc1cscn1)N1C(=O)CCC[C@@H]21. The Bertz CT molecular complexity index is 928. The molecule has 0 saturated carbocycles. The summed E-state index contributed by atoms with van der Waals surface area (Å²) >= 11 is 1.57. The third kappa shape index (κ3) is 4.13. The molecule has 2 bridgehead atoms. The van der Waals surface area contributed by atoms with Gasteiger partial charge >= 0.3 is 0 Å². The van der Waals surface area contributed by atoms with Crippen molar-refractivity contribution in [2.24, 2.45) is 11.8 Å². The molecule has 0 unspecified atom stereocenters. The van der Waals surface area contributed by atoms with Gasteiger partial charge in [0.1, 0.15) is 6.04 Å². The van der Waals surface area contributed by atoms with Gasteiger partial charge in [0.05, 0.1) is 23.2 Å². The summed E-state index contributed by atoms with van der Waals surface area (Å²) in [5.41, 5.74) is 4.98. The molecular weight excluding hydrogens is 412 g/mol. The number of thiazole rings is 1. The third-order valence-corrected chi connectivity index (χ3v) is 7.79. The highest BCUT2D eigenvalue weighted by atomic mass is 32.1. The first-order valence-corrected chi connectivity index (χ1v) is 12.2. The fourth-order valence-electron chi connectivity index (χ4n) is 5.76. The molecule has 9 heteroatoms. The maximum atomic E-state index is 13.3. The number of nitrogens with one attached hydrogen (secondary N) is 2. The molecular formula is C22H30N6O2S. The molecule has 0 spiro atoms. The zero-order valence-electron chi connectivity index (χ0n) is 17.9. The predicted molar refractivity (Wildman–Crippen MR) is 117 cm³/mol. The van der Waals surface area contributed by atoms with E-state index in [1.165, 1.54) is 0 Å². The molecule has 5 heterocycles. The molecule has 5 rings (SSSR count). The summed E-state index contributed by atoms with van der Waals surface area (Å²) in [6.07, 6.45) is 5.98. The minimum Gasteiger partial charge on any atom is -0.354 e. The van der Waals surface area contributed by atoms with E-state index in [9.17, 15) is 9.59 Å². The van der Waals surface area contributed by atoms with Gasteiger partial charge in [-0.2, -0.15) is 0 Å². The highest BCUT2D eigenvalue weighted by Gasteiger charge is 2.51. The van der Waals surface area contributed by atoms with Crippen LogP contribution in [-0.4, -0.2) is 68.3 Å². The van der Waals surface area contributed by atoms with Crippen LogP contribution in [0.5, 0.6) is 0 Å². The number of aromatic nitrogens is 3. The Labute approximate surface area is 186 Å². The standard InChI is InChI=1S/C22H30N6O2S/c1-14-18(25-12-24-14)10-27-8-15-7-16(9-27)21(28-19(15)3-2-4-20(28)29)22(30)23-6-5-17-11-31-13-26-17/h11-13,15-16,19,21H,2-10H2,1H3,(H,23,30)(H,24,25)/t15-,16+,19+,21-/m1/s1. The molecule has 31 heavy (non-hydrogen) atoms. The van der Waals surface area contributed by atoms with Gasteiger partial charge in [-0.05, 0) is 32.1 Å². The molecule has 166 valence electrons. The van der Waals surface area contributed by atoms with Gasteiger partial charge in [-0.15, -0.1) is 11.3 Å². The first-order valence-electron chi connectivity index (χ1n) is 11.3. The Kier molecular flexibility index (Phi) is 5.79. The molecule has 8 nitrogen and oxygen atoms in total. The Hall–Kier alpha value is -2.26. The molecule has 3 fully saturated rings. The highest BCUT2D eigenvalue weighted by Crippen LogP contribution is 2.42. The van der Waals surface area contributed by atoms with E-state index in [4.69, 9.17) is 0 Å². The predicted octanol–water partition coefficient (Wildman–Crippen LogP) is 1.73. The molecule has 0 aliphatic carbocycles. The van der Waals surface area contributed by atoms with Crippen LogP contribution < -0.4 is 5.32 Å². The smallest absolute Gasteiger partial charge is 0.243 e. The number of aryl methyl sites for hydroxylation is 1. The van der Waals surface area contributed by atoms with Crippen LogP contribution in [0.3, 0.4) is 0 Å². The Morgan fingerprint density at radius 1 is 1.32 bits per heavy atom. The second-order valence-corrected chi connectivity index (χ2v) is 9.87. The summed E-state index contributed by atoms with van der Waals surface area (Å²) < 4.78 is 0. The summed E-state index contributed by atoms with van der Waals surface area (Å²) in [5, 5.41) is 5.12. The lowest BCUT2D eigenvalue weighted by molar-refractivity contribution is -0.160. The number of carbonyl (C=O) groups excluding carboxylic acids is 2. The number of H-pyrrole nitrogens is 1. The summed E-state index contributed by atoms with van der Waals surface area (Å²) in [6, 6.07) is -0.192. The highest BCUT2D eigenvalue weighted by molar-refractivity contribution is 7.07. The summed E-state index contributed by atoms with van der Waals surface area (Å²) in [4.78, 5) is 42.6. The number of aromatic amines is 1. The van der Waals surface area contributed by atoms with Crippen LogP contribution in [0, 0.1) is 18.8 Å². The van der Waals surface area contributed by atoms with Crippen LogP contribution in [0.15, 0.2) is 17.2 Å². The number of carbonyl (C=O) groups is 2. The second-order valence-electron chi connectivity index (χ2n) is 9.15. The van der Waals surface area contributed by atoms with Crippen LogP contribution in [-0.2, 0) is 22.6 Å². The van der Waals surface area contributed by atoms with Gasteiger partial charge < -0.3 is 15.2 Å². The van der Waals surface area contributed by atoms with Crippen LogP contribution in [0.1, 0.15) is 42.8 Å². The van der Waals surface area contributed by atoms with Gasteiger partial charge in [-0.25, -0.2) is 9.97 Å². The molecule has 2 amide bonds. The van der Waals surface area contributed by atoms with Gasteiger partial charge in [0.15, 0.2) is 0 Å². The van der Waals surface area contributed by atoms with Crippen LogP contribution in [0.4, 0.5) is 0 Å². The average Bonchev–Trinajstić information content (AvgIpc) is 3.41. The Morgan fingerprint density at radius 3 is 2.97 bits per heavy atom. The largest absolute Gasteiger partial charge is 0.354 e. The van der Waals surface area contributed by atoms with E-state index in [-0.39, 0.29) is 29.8 Å². The van der Waals surface area contributed by atoms with Gasteiger partial charge in [0.25, 0.3) is 0 Å². The van der Waals surface area contributed by atoms with Gasteiger partial charge in [-0.3, -0.25) is 14.5 Å². The fraction of sp³-hybridized carbons (Fsp3) is 0.636. The van der Waals surface area contributed by atoms with Crippen molar-refractivity contribution in [1.29, 1.82) is 0 Å². The number of hydrogen-bond donors (Lipinski definition) is 2. The monoisotopic (exact) mass is 442 g/mol. The van der Waals surface area contributed by atoms with E-state index < -0.39 is 0 Å². The van der Waals surface area contributed by atoms with Crippen molar-refractivity contribution in [3.63, 3.8) is 0 Å². The Morgan fingerprint density at radius 2 is 2.19 bits per heavy atom. The van der Waals surface area contributed by atoms with Crippen LogP contribution >= 0.6 is 11.3 Å². The molecule has 2 aromatic rings. The molecule has 4 atom stereocenters. The molecule has 3 saturated heterocycles.